The quantitative estimate of drug-likeness (QED) is 0.162. The number of nitrogens with zero attached hydrogens (tertiary/aromatic N) is 1. The molecule has 0 atom stereocenters. The van der Waals surface area contributed by atoms with Crippen LogP contribution in [0, 0.1) is 34.6 Å². The Morgan fingerprint density at radius 3 is 2.14 bits per heavy atom. The van der Waals surface area contributed by atoms with Crippen molar-refractivity contribution in [3.8, 4) is 11.8 Å². The minimum Gasteiger partial charge on any atom is -0.493 e. The number of aryl methyl sites for hydroxylation is 4. The highest BCUT2D eigenvalue weighted by Gasteiger charge is 2.13. The van der Waals surface area contributed by atoms with Crippen molar-refractivity contribution in [1.29, 1.82) is 5.26 Å². The van der Waals surface area contributed by atoms with Gasteiger partial charge in [0.25, 0.3) is 0 Å². The van der Waals surface area contributed by atoms with Crippen LogP contribution < -0.4 is 4.74 Å². The Labute approximate surface area is 214 Å². The van der Waals surface area contributed by atoms with Crippen LogP contribution in [0.15, 0.2) is 60.7 Å². The highest BCUT2D eigenvalue weighted by molar-refractivity contribution is 5.84. The van der Waals surface area contributed by atoms with E-state index in [1.165, 1.54) is 12.1 Å². The summed E-state index contributed by atoms with van der Waals surface area (Å²) < 4.78 is 63.0. The molecule has 0 aliphatic carbocycles. The first-order chi connectivity index (χ1) is 17.9. The maximum absolute atomic E-state index is 15.2. The Bertz CT molecular complexity index is 1440. The molecule has 0 heterocycles. The smallest absolute Gasteiger partial charge is 0.144 e. The molecule has 0 radical (unpaired) electrons. The van der Waals surface area contributed by atoms with Crippen LogP contribution in [0.5, 0.6) is 5.75 Å². The molecule has 0 N–H and O–H groups in total. The van der Waals surface area contributed by atoms with Gasteiger partial charge in [0, 0.05) is 11.5 Å². The molecule has 0 saturated carbocycles. The molecule has 4 aromatic rings. The fourth-order valence-electron chi connectivity index (χ4n) is 4.32. The van der Waals surface area contributed by atoms with Crippen molar-refractivity contribution >= 4 is 10.8 Å². The molecule has 0 aromatic heterocycles. The van der Waals surface area contributed by atoms with Gasteiger partial charge in [-0.15, -0.1) is 0 Å². The number of fused-ring (bicyclic) bond motifs is 1. The van der Waals surface area contributed by atoms with Gasteiger partial charge in [0.05, 0.1) is 6.61 Å². The van der Waals surface area contributed by atoms with Crippen molar-refractivity contribution in [3.63, 3.8) is 0 Å². The number of nitriles is 1. The summed E-state index contributed by atoms with van der Waals surface area (Å²) in [5, 5.41) is 9.99. The lowest BCUT2D eigenvalue weighted by molar-refractivity contribution is 0.307. The standard InChI is InChI=1S/C31H27F4NO/c1-2-3-14-37-25-12-11-22(28(32)18-25)7-4-20-6-13-26-24(15-20)10-9-23(31(26)35)8-5-21-16-29(33)27(19-36)30(34)17-21/h6,9-13,15-18H,2-5,7-8,14H2,1H3. The van der Waals surface area contributed by atoms with Gasteiger partial charge in [-0.2, -0.15) is 5.26 Å². The van der Waals surface area contributed by atoms with Gasteiger partial charge in [0.2, 0.25) is 0 Å². The molecule has 0 amide bonds. The number of unbranched alkanes of at least 4 members (excludes halogenated alkanes) is 1. The van der Waals surface area contributed by atoms with Gasteiger partial charge in [-0.3, -0.25) is 0 Å². The molecule has 0 unspecified atom stereocenters. The predicted molar refractivity (Wildman–Crippen MR) is 137 cm³/mol. The summed E-state index contributed by atoms with van der Waals surface area (Å²) >= 11 is 0. The summed E-state index contributed by atoms with van der Waals surface area (Å²) in [4.78, 5) is 0. The van der Waals surface area contributed by atoms with Crippen molar-refractivity contribution in [1.82, 2.24) is 0 Å². The van der Waals surface area contributed by atoms with E-state index >= 15 is 4.39 Å². The highest BCUT2D eigenvalue weighted by atomic mass is 19.1. The van der Waals surface area contributed by atoms with Crippen LogP contribution in [0.4, 0.5) is 17.6 Å². The van der Waals surface area contributed by atoms with E-state index in [0.29, 0.717) is 47.3 Å². The van der Waals surface area contributed by atoms with Crippen LogP contribution in [0.2, 0.25) is 0 Å². The van der Waals surface area contributed by atoms with E-state index in [1.54, 1.807) is 24.3 Å². The van der Waals surface area contributed by atoms with Crippen LogP contribution in [0.3, 0.4) is 0 Å². The molecule has 0 aliphatic heterocycles. The van der Waals surface area contributed by atoms with E-state index in [9.17, 15) is 13.2 Å². The van der Waals surface area contributed by atoms with Crippen molar-refractivity contribution in [2.24, 2.45) is 0 Å². The minimum absolute atomic E-state index is 0.230. The molecule has 0 bridgehead atoms. The molecule has 37 heavy (non-hydrogen) atoms. The monoisotopic (exact) mass is 505 g/mol. The second-order valence-electron chi connectivity index (χ2n) is 9.10. The van der Waals surface area contributed by atoms with Gasteiger partial charge in [-0.1, -0.05) is 49.7 Å². The Morgan fingerprint density at radius 2 is 1.43 bits per heavy atom. The van der Waals surface area contributed by atoms with Crippen LogP contribution in [-0.4, -0.2) is 6.61 Å². The summed E-state index contributed by atoms with van der Waals surface area (Å²) in [6, 6.07) is 17.6. The molecule has 2 nitrogen and oxygen atoms in total. The second kappa shape index (κ2) is 11.9. The molecule has 0 spiro atoms. The van der Waals surface area contributed by atoms with Crippen LogP contribution >= 0.6 is 0 Å². The third kappa shape index (κ3) is 6.29. The van der Waals surface area contributed by atoms with E-state index < -0.39 is 17.2 Å². The lowest BCUT2D eigenvalue weighted by atomic mass is 9.97. The van der Waals surface area contributed by atoms with Gasteiger partial charge in [-0.05, 0) is 77.9 Å². The normalized spacial score (nSPS) is 11.0. The Hall–Kier alpha value is -3.85. The third-order valence-corrected chi connectivity index (χ3v) is 6.47. The zero-order chi connectivity index (χ0) is 26.4. The molecular weight excluding hydrogens is 478 g/mol. The number of halogens is 4. The maximum Gasteiger partial charge on any atom is 0.144 e. The highest BCUT2D eigenvalue weighted by Crippen LogP contribution is 2.25. The van der Waals surface area contributed by atoms with E-state index in [0.717, 1.165) is 35.9 Å². The van der Waals surface area contributed by atoms with Gasteiger partial charge >= 0.3 is 0 Å². The van der Waals surface area contributed by atoms with E-state index in [2.05, 4.69) is 6.92 Å². The molecule has 0 saturated heterocycles. The fourth-order valence-corrected chi connectivity index (χ4v) is 4.32. The average Bonchev–Trinajstić information content (AvgIpc) is 2.88. The van der Waals surface area contributed by atoms with Crippen molar-refractivity contribution in [2.45, 2.75) is 45.4 Å². The van der Waals surface area contributed by atoms with Gasteiger partial charge in [0.15, 0.2) is 0 Å². The lowest BCUT2D eigenvalue weighted by Gasteiger charge is -2.10. The fraction of sp³-hybridized carbons (Fsp3) is 0.258. The second-order valence-corrected chi connectivity index (χ2v) is 9.10. The van der Waals surface area contributed by atoms with Gasteiger partial charge in [0.1, 0.15) is 40.7 Å². The van der Waals surface area contributed by atoms with E-state index in [1.807, 2.05) is 18.2 Å². The molecule has 0 fully saturated rings. The van der Waals surface area contributed by atoms with Gasteiger partial charge in [-0.25, -0.2) is 17.6 Å². The largest absolute Gasteiger partial charge is 0.493 e. The Balaban J connectivity index is 1.42. The number of hydrogen-bond donors (Lipinski definition) is 0. The molecule has 4 aromatic carbocycles. The number of hydrogen-bond acceptors (Lipinski definition) is 2. The van der Waals surface area contributed by atoms with E-state index in [-0.39, 0.29) is 24.5 Å². The van der Waals surface area contributed by atoms with Crippen LogP contribution in [0.1, 0.15) is 47.6 Å². The average molecular weight is 506 g/mol. The topological polar surface area (TPSA) is 33.0 Å². The summed E-state index contributed by atoms with van der Waals surface area (Å²) in [6.45, 7) is 2.64. The predicted octanol–water partition coefficient (Wildman–Crippen LogP) is 8.02. The maximum atomic E-state index is 15.2. The van der Waals surface area contributed by atoms with Crippen LogP contribution in [-0.2, 0) is 25.7 Å². The number of rotatable bonds is 10. The lowest BCUT2D eigenvalue weighted by Crippen LogP contribution is -2.00. The number of benzene rings is 4. The Morgan fingerprint density at radius 1 is 0.730 bits per heavy atom. The van der Waals surface area contributed by atoms with Crippen molar-refractivity contribution in [3.05, 3.63) is 112 Å². The molecule has 4 rings (SSSR count). The molecular formula is C31H27F4NO. The van der Waals surface area contributed by atoms with Crippen molar-refractivity contribution < 1.29 is 22.3 Å². The molecule has 190 valence electrons. The first-order valence-corrected chi connectivity index (χ1v) is 12.4. The zero-order valence-corrected chi connectivity index (χ0v) is 20.6. The van der Waals surface area contributed by atoms with Gasteiger partial charge < -0.3 is 4.74 Å². The zero-order valence-electron chi connectivity index (χ0n) is 20.6. The molecule has 0 aliphatic rings. The first-order valence-electron chi connectivity index (χ1n) is 12.4. The summed E-state index contributed by atoms with van der Waals surface area (Å²) in [6.07, 6.45) is 3.52. The first kappa shape index (κ1) is 26.2. The number of ether oxygens (including phenoxy) is 1. The Kier molecular flexibility index (Phi) is 8.45. The third-order valence-electron chi connectivity index (χ3n) is 6.47. The minimum atomic E-state index is -0.917. The summed E-state index contributed by atoms with van der Waals surface area (Å²) in [5.74, 6) is -1.97. The summed E-state index contributed by atoms with van der Waals surface area (Å²) in [5.41, 5.74) is 1.74. The van der Waals surface area contributed by atoms with E-state index in [4.69, 9.17) is 10.00 Å². The molecule has 6 heteroatoms. The van der Waals surface area contributed by atoms with Crippen LogP contribution in [0.25, 0.3) is 10.8 Å². The summed E-state index contributed by atoms with van der Waals surface area (Å²) in [7, 11) is 0. The van der Waals surface area contributed by atoms with Crippen molar-refractivity contribution in [2.75, 3.05) is 6.61 Å². The SMILES string of the molecule is CCCCOc1ccc(CCc2ccc3c(F)c(CCc4cc(F)c(C#N)c(F)c4)ccc3c2)c(F)c1.